The molecule has 0 saturated heterocycles. The van der Waals surface area contributed by atoms with E-state index >= 15 is 0 Å². The molecule has 130 valence electrons. The number of methoxy groups -OCH3 is 2. The Balaban J connectivity index is 3.42. The van der Waals surface area contributed by atoms with E-state index in [2.05, 4.69) is 5.10 Å². The van der Waals surface area contributed by atoms with E-state index in [-0.39, 0.29) is 12.8 Å². The van der Waals surface area contributed by atoms with Crippen LogP contribution in [-0.4, -0.2) is 68.0 Å². The molecule has 0 aromatic heterocycles. The predicted molar refractivity (Wildman–Crippen MR) is 81.5 cm³/mol. The Morgan fingerprint density at radius 2 is 1.91 bits per heavy atom. The van der Waals surface area contributed by atoms with E-state index < -0.39 is 41.1 Å². The van der Waals surface area contributed by atoms with Crippen molar-refractivity contribution in [3.63, 3.8) is 0 Å². The first-order valence-electron chi connectivity index (χ1n) is 7.34. The largest absolute Gasteiger partial charge is 0.469 e. The van der Waals surface area contributed by atoms with Crippen molar-refractivity contribution in [3.05, 3.63) is 0 Å². The zero-order valence-electron chi connectivity index (χ0n) is 14.1. The molecule has 0 spiro atoms. The molecular formula is C15H24N2O6. The van der Waals surface area contributed by atoms with Gasteiger partial charge in [-0.3, -0.25) is 14.4 Å². The highest BCUT2D eigenvalue weighted by Gasteiger charge is 2.57. The summed E-state index contributed by atoms with van der Waals surface area (Å²) in [4.78, 5) is 36.7. The predicted octanol–water partition coefficient (Wildman–Crippen LogP) is -0.158. The summed E-state index contributed by atoms with van der Waals surface area (Å²) in [5, 5.41) is 16.3. The van der Waals surface area contributed by atoms with Crippen molar-refractivity contribution in [2.24, 2.45) is 22.9 Å². The number of esters is 2. The first-order chi connectivity index (χ1) is 10.7. The minimum absolute atomic E-state index is 0.165. The lowest BCUT2D eigenvalue weighted by atomic mass is 9.63. The van der Waals surface area contributed by atoms with Crippen molar-refractivity contribution in [1.29, 1.82) is 0 Å². The van der Waals surface area contributed by atoms with Gasteiger partial charge in [0.25, 0.3) is 0 Å². The van der Waals surface area contributed by atoms with Gasteiger partial charge in [-0.25, -0.2) is 0 Å². The van der Waals surface area contributed by atoms with E-state index in [4.69, 9.17) is 9.47 Å². The van der Waals surface area contributed by atoms with E-state index in [1.54, 1.807) is 21.0 Å². The van der Waals surface area contributed by atoms with Crippen LogP contribution in [0.15, 0.2) is 5.10 Å². The fraction of sp³-hybridized carbons (Fsp3) is 0.733. The maximum Gasteiger partial charge on any atom is 0.316 e. The van der Waals surface area contributed by atoms with Crippen molar-refractivity contribution in [3.8, 4) is 0 Å². The van der Waals surface area contributed by atoms with Crippen LogP contribution < -0.4 is 0 Å². The van der Waals surface area contributed by atoms with Crippen LogP contribution in [0.3, 0.4) is 0 Å². The van der Waals surface area contributed by atoms with Gasteiger partial charge >= 0.3 is 11.9 Å². The van der Waals surface area contributed by atoms with E-state index in [1.165, 1.54) is 25.4 Å². The number of ketones is 1. The summed E-state index contributed by atoms with van der Waals surface area (Å²) >= 11 is 0. The Morgan fingerprint density at radius 1 is 1.35 bits per heavy atom. The minimum atomic E-state index is -1.59. The quantitative estimate of drug-likeness (QED) is 0.323. The maximum atomic E-state index is 12.4. The van der Waals surface area contributed by atoms with Crippen LogP contribution in [0, 0.1) is 17.8 Å². The molecule has 1 fully saturated rings. The van der Waals surface area contributed by atoms with Gasteiger partial charge in [0.15, 0.2) is 5.78 Å². The summed E-state index contributed by atoms with van der Waals surface area (Å²) in [6, 6.07) is 0. The van der Waals surface area contributed by atoms with Crippen LogP contribution in [0.5, 0.6) is 0 Å². The van der Waals surface area contributed by atoms with Crippen molar-refractivity contribution >= 4 is 23.9 Å². The zero-order valence-corrected chi connectivity index (χ0v) is 14.1. The Hall–Kier alpha value is -1.96. The molecule has 0 aliphatic heterocycles. The second-order valence-corrected chi connectivity index (χ2v) is 5.79. The molecule has 0 amide bonds. The average Bonchev–Trinajstić information content (AvgIpc) is 2.51. The normalized spacial score (nSPS) is 31.0. The summed E-state index contributed by atoms with van der Waals surface area (Å²) in [5.74, 6) is -5.13. The van der Waals surface area contributed by atoms with Crippen molar-refractivity contribution in [2.75, 3.05) is 28.3 Å². The van der Waals surface area contributed by atoms with Crippen molar-refractivity contribution in [2.45, 2.75) is 25.4 Å². The Labute approximate surface area is 135 Å². The third-order valence-corrected chi connectivity index (χ3v) is 4.17. The molecule has 0 bridgehead atoms. The third kappa shape index (κ3) is 3.87. The highest BCUT2D eigenvalue weighted by Crippen LogP contribution is 2.42. The third-order valence-electron chi connectivity index (χ3n) is 4.17. The lowest BCUT2D eigenvalue weighted by Gasteiger charge is -2.43. The van der Waals surface area contributed by atoms with Crippen molar-refractivity contribution in [1.82, 2.24) is 5.01 Å². The van der Waals surface area contributed by atoms with Crippen LogP contribution in [-0.2, 0) is 23.9 Å². The number of nitrogens with zero attached hydrogens (tertiary/aromatic N) is 2. The second-order valence-electron chi connectivity index (χ2n) is 5.79. The lowest BCUT2D eigenvalue weighted by Crippen LogP contribution is -2.58. The fourth-order valence-electron chi connectivity index (χ4n) is 2.93. The molecule has 8 nitrogen and oxygen atoms in total. The maximum absolute atomic E-state index is 12.4. The molecule has 1 aliphatic carbocycles. The monoisotopic (exact) mass is 328 g/mol. The van der Waals surface area contributed by atoms with Gasteiger partial charge in [-0.05, 0) is 6.42 Å². The van der Waals surface area contributed by atoms with Crippen LogP contribution >= 0.6 is 0 Å². The van der Waals surface area contributed by atoms with Crippen LogP contribution in [0.4, 0.5) is 0 Å². The first kappa shape index (κ1) is 19.1. The van der Waals surface area contributed by atoms with Gasteiger partial charge in [0.05, 0.1) is 25.7 Å². The topological polar surface area (TPSA) is 105 Å². The summed E-state index contributed by atoms with van der Waals surface area (Å²) in [6.45, 7) is 1.67. The van der Waals surface area contributed by atoms with Gasteiger partial charge in [-0.15, -0.1) is 0 Å². The molecule has 1 rings (SSSR count). The van der Waals surface area contributed by atoms with Gasteiger partial charge in [0.1, 0.15) is 5.92 Å². The molecule has 1 aliphatic rings. The number of Topliss-reactive ketones (excluding diaryl/α,β-unsaturated/α-hetero) is 1. The molecule has 0 aromatic carbocycles. The first-order valence-corrected chi connectivity index (χ1v) is 7.34. The lowest BCUT2D eigenvalue weighted by molar-refractivity contribution is -0.173. The Morgan fingerprint density at radius 3 is 2.35 bits per heavy atom. The molecule has 23 heavy (non-hydrogen) atoms. The molecule has 0 aromatic rings. The second kappa shape index (κ2) is 7.54. The number of hydrogen-bond acceptors (Lipinski definition) is 8. The molecule has 1 N–H and O–H groups in total. The smallest absolute Gasteiger partial charge is 0.316 e. The molecule has 8 heteroatoms. The fourth-order valence-corrected chi connectivity index (χ4v) is 2.93. The van der Waals surface area contributed by atoms with Crippen LogP contribution in [0.1, 0.15) is 19.8 Å². The highest BCUT2D eigenvalue weighted by atomic mass is 16.5. The summed E-state index contributed by atoms with van der Waals surface area (Å²) in [7, 11) is 5.69. The van der Waals surface area contributed by atoms with E-state index in [0.717, 1.165) is 0 Å². The molecule has 0 radical (unpaired) electrons. The zero-order chi connectivity index (χ0) is 17.8. The average molecular weight is 328 g/mol. The van der Waals surface area contributed by atoms with E-state index in [9.17, 15) is 19.5 Å². The van der Waals surface area contributed by atoms with Gasteiger partial charge in [-0.2, -0.15) is 5.10 Å². The van der Waals surface area contributed by atoms with Crippen LogP contribution in [0.25, 0.3) is 0 Å². The van der Waals surface area contributed by atoms with Crippen molar-refractivity contribution < 1.29 is 29.0 Å². The number of ether oxygens (including phenoxy) is 2. The molecule has 4 unspecified atom stereocenters. The Kier molecular flexibility index (Phi) is 6.26. The van der Waals surface area contributed by atoms with E-state index in [1.807, 2.05) is 0 Å². The Bertz CT molecular complexity index is 504. The van der Waals surface area contributed by atoms with Crippen LogP contribution in [0.2, 0.25) is 0 Å². The molecule has 4 atom stereocenters. The number of hydrogen-bond donors (Lipinski definition) is 1. The minimum Gasteiger partial charge on any atom is -0.469 e. The van der Waals surface area contributed by atoms with Gasteiger partial charge in [-0.1, -0.05) is 6.92 Å². The molecular weight excluding hydrogens is 304 g/mol. The summed E-state index contributed by atoms with van der Waals surface area (Å²) in [5.41, 5.74) is -1.59. The summed E-state index contributed by atoms with van der Waals surface area (Å²) in [6.07, 6.45) is 1.19. The van der Waals surface area contributed by atoms with E-state index in [0.29, 0.717) is 0 Å². The van der Waals surface area contributed by atoms with Gasteiger partial charge in [0, 0.05) is 32.6 Å². The molecule has 0 heterocycles. The number of hydrazone groups is 1. The molecule has 1 saturated carbocycles. The number of rotatable bonds is 5. The van der Waals surface area contributed by atoms with Gasteiger partial charge in [0.2, 0.25) is 0 Å². The number of carbonyl (C=O) groups is 3. The van der Waals surface area contributed by atoms with Gasteiger partial charge < -0.3 is 19.6 Å². The summed E-state index contributed by atoms with van der Waals surface area (Å²) < 4.78 is 9.48. The highest BCUT2D eigenvalue weighted by molar-refractivity contribution is 6.04. The number of aliphatic hydroxyl groups is 1. The standard InChI is InChI=1S/C15H24N2O6/c1-6-15(21)7-10(18)11(13(19)22-4)9(8-16-17(2)3)12(15)14(20)23-5/h8-9,11-12,21H,6-7H2,1-5H3/b16-8+. The number of carbonyl (C=O) groups excluding carboxylic acids is 3. The SMILES string of the molecule is CCC1(O)CC(=O)C(C(=O)OC)C(/C=N/N(C)C)C1C(=O)OC.